The molecule has 94 valence electrons. The van der Waals surface area contributed by atoms with Crippen LogP contribution in [-0.4, -0.2) is 0 Å². The van der Waals surface area contributed by atoms with Crippen molar-refractivity contribution >= 4 is 15.9 Å². The summed E-state index contributed by atoms with van der Waals surface area (Å²) in [7, 11) is 0. The summed E-state index contributed by atoms with van der Waals surface area (Å²) in [5.74, 6) is 5.74. The molecule has 2 aromatic rings. The van der Waals surface area contributed by atoms with Gasteiger partial charge in [0.25, 0.3) is 0 Å². The standard InChI is InChI=1S/C15H17BrN2/c1-10-5-3-7-12(9-10)15(18-17)13-8-4-6-11(2)14(13)16/h3-9,15,18H,17H2,1-2H3. The maximum absolute atomic E-state index is 5.74. The molecule has 0 radical (unpaired) electrons. The highest BCUT2D eigenvalue weighted by Gasteiger charge is 2.16. The van der Waals surface area contributed by atoms with Gasteiger partial charge in [0.05, 0.1) is 6.04 Å². The summed E-state index contributed by atoms with van der Waals surface area (Å²) in [4.78, 5) is 0. The lowest BCUT2D eigenvalue weighted by Gasteiger charge is -2.19. The van der Waals surface area contributed by atoms with E-state index in [-0.39, 0.29) is 6.04 Å². The highest BCUT2D eigenvalue weighted by atomic mass is 79.9. The van der Waals surface area contributed by atoms with Crippen molar-refractivity contribution < 1.29 is 0 Å². The molecule has 1 atom stereocenters. The van der Waals surface area contributed by atoms with Gasteiger partial charge in [-0.3, -0.25) is 5.84 Å². The van der Waals surface area contributed by atoms with Gasteiger partial charge in [-0.1, -0.05) is 64.0 Å². The van der Waals surface area contributed by atoms with Crippen LogP contribution in [0.3, 0.4) is 0 Å². The molecule has 0 aliphatic rings. The fourth-order valence-electron chi connectivity index (χ4n) is 2.11. The van der Waals surface area contributed by atoms with Crippen LogP contribution in [0.25, 0.3) is 0 Å². The van der Waals surface area contributed by atoms with Crippen LogP contribution in [-0.2, 0) is 0 Å². The molecule has 3 N–H and O–H groups in total. The van der Waals surface area contributed by atoms with Crippen molar-refractivity contribution in [2.24, 2.45) is 5.84 Å². The van der Waals surface area contributed by atoms with E-state index in [1.165, 1.54) is 16.7 Å². The summed E-state index contributed by atoms with van der Waals surface area (Å²) in [5.41, 5.74) is 7.67. The zero-order chi connectivity index (χ0) is 13.1. The Morgan fingerprint density at radius 2 is 1.83 bits per heavy atom. The monoisotopic (exact) mass is 304 g/mol. The Kier molecular flexibility index (Phi) is 4.17. The summed E-state index contributed by atoms with van der Waals surface area (Å²) in [6.45, 7) is 4.17. The molecule has 0 fully saturated rings. The van der Waals surface area contributed by atoms with E-state index >= 15 is 0 Å². The van der Waals surface area contributed by atoms with E-state index < -0.39 is 0 Å². The van der Waals surface area contributed by atoms with E-state index in [4.69, 9.17) is 5.84 Å². The number of hydrazine groups is 1. The molecule has 0 bridgehead atoms. The van der Waals surface area contributed by atoms with Crippen LogP contribution in [0.1, 0.15) is 28.3 Å². The van der Waals surface area contributed by atoms with Gasteiger partial charge in [0.2, 0.25) is 0 Å². The number of rotatable bonds is 3. The number of hydrogen-bond acceptors (Lipinski definition) is 2. The normalized spacial score (nSPS) is 12.4. The predicted octanol–water partition coefficient (Wildman–Crippen LogP) is 3.62. The zero-order valence-electron chi connectivity index (χ0n) is 10.6. The number of hydrogen-bond donors (Lipinski definition) is 2. The summed E-state index contributed by atoms with van der Waals surface area (Å²) >= 11 is 3.64. The Hall–Kier alpha value is -1.16. The maximum atomic E-state index is 5.74. The van der Waals surface area contributed by atoms with Crippen molar-refractivity contribution in [3.63, 3.8) is 0 Å². The van der Waals surface area contributed by atoms with Crippen molar-refractivity contribution in [3.05, 3.63) is 69.2 Å². The third kappa shape index (κ3) is 2.64. The largest absolute Gasteiger partial charge is 0.271 e. The van der Waals surface area contributed by atoms with E-state index in [1.807, 2.05) is 0 Å². The van der Waals surface area contributed by atoms with Crippen LogP contribution < -0.4 is 11.3 Å². The van der Waals surface area contributed by atoms with Gasteiger partial charge < -0.3 is 0 Å². The third-order valence-electron chi connectivity index (χ3n) is 3.07. The van der Waals surface area contributed by atoms with Crippen LogP contribution in [0.15, 0.2) is 46.9 Å². The fourth-order valence-corrected chi connectivity index (χ4v) is 2.60. The van der Waals surface area contributed by atoms with Crippen LogP contribution in [0.4, 0.5) is 0 Å². The van der Waals surface area contributed by atoms with Crippen LogP contribution in [0.5, 0.6) is 0 Å². The number of halogens is 1. The molecule has 0 aliphatic heterocycles. The number of nitrogens with one attached hydrogen (secondary N) is 1. The summed E-state index contributed by atoms with van der Waals surface area (Å²) in [6, 6.07) is 14.6. The topological polar surface area (TPSA) is 38.0 Å². The molecule has 2 nitrogen and oxygen atoms in total. The van der Waals surface area contributed by atoms with Crippen molar-refractivity contribution in [2.75, 3.05) is 0 Å². The second-order valence-electron chi connectivity index (χ2n) is 4.49. The van der Waals surface area contributed by atoms with Gasteiger partial charge in [0, 0.05) is 4.47 Å². The van der Waals surface area contributed by atoms with Crippen molar-refractivity contribution in [2.45, 2.75) is 19.9 Å². The molecule has 0 aliphatic carbocycles. The lowest BCUT2D eigenvalue weighted by atomic mass is 9.97. The molecule has 0 spiro atoms. The van der Waals surface area contributed by atoms with Crippen LogP contribution in [0, 0.1) is 13.8 Å². The third-order valence-corrected chi connectivity index (χ3v) is 4.16. The summed E-state index contributed by atoms with van der Waals surface area (Å²) < 4.78 is 1.11. The maximum Gasteiger partial charge on any atom is 0.0721 e. The Bertz CT molecular complexity index is 552. The van der Waals surface area contributed by atoms with Crippen molar-refractivity contribution in [1.29, 1.82) is 0 Å². The van der Waals surface area contributed by atoms with E-state index in [0.29, 0.717) is 0 Å². The molecule has 2 aromatic carbocycles. The van der Waals surface area contributed by atoms with Gasteiger partial charge in [0.1, 0.15) is 0 Å². The van der Waals surface area contributed by atoms with E-state index in [2.05, 4.69) is 77.7 Å². The molecule has 0 saturated carbocycles. The molecule has 0 saturated heterocycles. The number of benzene rings is 2. The van der Waals surface area contributed by atoms with Gasteiger partial charge in [-0.2, -0.15) is 0 Å². The molecular weight excluding hydrogens is 288 g/mol. The van der Waals surface area contributed by atoms with Gasteiger partial charge >= 0.3 is 0 Å². The zero-order valence-corrected chi connectivity index (χ0v) is 12.2. The van der Waals surface area contributed by atoms with E-state index in [0.717, 1.165) is 10.0 Å². The first kappa shape index (κ1) is 13.3. The summed E-state index contributed by atoms with van der Waals surface area (Å²) in [6.07, 6.45) is 0. The van der Waals surface area contributed by atoms with E-state index in [1.54, 1.807) is 0 Å². The van der Waals surface area contributed by atoms with Crippen LogP contribution in [0.2, 0.25) is 0 Å². The Morgan fingerprint density at radius 1 is 1.11 bits per heavy atom. The highest BCUT2D eigenvalue weighted by Crippen LogP contribution is 2.30. The minimum Gasteiger partial charge on any atom is -0.271 e. The van der Waals surface area contributed by atoms with Crippen molar-refractivity contribution in [3.8, 4) is 0 Å². The second-order valence-corrected chi connectivity index (χ2v) is 5.28. The molecular formula is C15H17BrN2. The molecule has 3 heteroatoms. The minimum atomic E-state index is -0.000764. The SMILES string of the molecule is Cc1cccc(C(NN)c2cccc(C)c2Br)c1. The second kappa shape index (κ2) is 5.65. The Labute approximate surface area is 116 Å². The quantitative estimate of drug-likeness (QED) is 0.671. The minimum absolute atomic E-state index is 0.000764. The van der Waals surface area contributed by atoms with Gasteiger partial charge in [-0.15, -0.1) is 0 Å². The molecule has 18 heavy (non-hydrogen) atoms. The summed E-state index contributed by atoms with van der Waals surface area (Å²) in [5, 5.41) is 0. The Morgan fingerprint density at radius 3 is 2.50 bits per heavy atom. The van der Waals surface area contributed by atoms with Crippen molar-refractivity contribution in [1.82, 2.24) is 5.43 Å². The lowest BCUT2D eigenvalue weighted by molar-refractivity contribution is 0.634. The average Bonchev–Trinajstić information content (AvgIpc) is 2.35. The molecule has 1 unspecified atom stereocenters. The first-order chi connectivity index (χ1) is 8.63. The smallest absolute Gasteiger partial charge is 0.0721 e. The van der Waals surface area contributed by atoms with Crippen LogP contribution >= 0.6 is 15.9 Å². The molecule has 0 amide bonds. The lowest BCUT2D eigenvalue weighted by Crippen LogP contribution is -2.29. The number of aryl methyl sites for hydroxylation is 2. The predicted molar refractivity (Wildman–Crippen MR) is 79.2 cm³/mol. The molecule has 0 aromatic heterocycles. The highest BCUT2D eigenvalue weighted by molar-refractivity contribution is 9.10. The van der Waals surface area contributed by atoms with Gasteiger partial charge in [-0.05, 0) is 30.5 Å². The Balaban J connectivity index is 2.49. The van der Waals surface area contributed by atoms with E-state index in [9.17, 15) is 0 Å². The van der Waals surface area contributed by atoms with Gasteiger partial charge in [0.15, 0.2) is 0 Å². The van der Waals surface area contributed by atoms with Gasteiger partial charge in [-0.25, -0.2) is 5.43 Å². The number of nitrogens with two attached hydrogens (primary N) is 1. The first-order valence-electron chi connectivity index (χ1n) is 5.91. The molecule has 2 rings (SSSR count). The molecule has 0 heterocycles. The fraction of sp³-hybridized carbons (Fsp3) is 0.200. The first-order valence-corrected chi connectivity index (χ1v) is 6.70. The average molecular weight is 305 g/mol.